The Hall–Kier alpha value is -1.29. The van der Waals surface area contributed by atoms with Crippen LogP contribution < -0.4 is 5.32 Å². The summed E-state index contributed by atoms with van der Waals surface area (Å²) < 4.78 is 6.20. The van der Waals surface area contributed by atoms with Gasteiger partial charge in [0.05, 0.1) is 6.04 Å². The van der Waals surface area contributed by atoms with Gasteiger partial charge in [-0.25, -0.2) is 4.79 Å². The van der Waals surface area contributed by atoms with Crippen molar-refractivity contribution in [2.45, 2.75) is 33.3 Å². The molecule has 1 aromatic rings. The summed E-state index contributed by atoms with van der Waals surface area (Å²) in [6.45, 7) is 7.32. The molecule has 1 aromatic carbocycles. The van der Waals surface area contributed by atoms with Gasteiger partial charge in [0, 0.05) is 4.47 Å². The third-order valence-electron chi connectivity index (χ3n) is 2.09. The van der Waals surface area contributed by atoms with Gasteiger partial charge in [-0.2, -0.15) is 0 Å². The molecule has 0 aromatic heterocycles. The molecule has 0 unspecified atom stereocenters. The highest BCUT2D eigenvalue weighted by Crippen LogP contribution is 2.13. The van der Waals surface area contributed by atoms with Crippen molar-refractivity contribution >= 4 is 28.1 Å². The molecule has 0 fully saturated rings. The van der Waals surface area contributed by atoms with Gasteiger partial charge in [0.1, 0.15) is 5.60 Å². The van der Waals surface area contributed by atoms with Gasteiger partial charge in [-0.15, -0.1) is 0 Å². The Kier molecular flexibility index (Phi) is 5.60. The quantitative estimate of drug-likeness (QED) is 0.886. The number of amides is 1. The summed E-state index contributed by atoms with van der Waals surface area (Å²) in [4.78, 5) is 11.5. The van der Waals surface area contributed by atoms with Crippen LogP contribution in [0.3, 0.4) is 0 Å². The van der Waals surface area contributed by atoms with Crippen LogP contribution in [0, 0.1) is 6.04 Å². The van der Waals surface area contributed by atoms with E-state index in [1.54, 1.807) is 0 Å². The molecular weight excluding hydrogens is 306 g/mol. The van der Waals surface area contributed by atoms with E-state index in [1.807, 2.05) is 64.1 Å². The zero-order chi connectivity index (χ0) is 14.5. The van der Waals surface area contributed by atoms with E-state index in [1.165, 1.54) is 0 Å². The first kappa shape index (κ1) is 15.8. The molecule has 1 N–H and O–H groups in total. The fourth-order valence-corrected chi connectivity index (χ4v) is 1.57. The van der Waals surface area contributed by atoms with Crippen molar-refractivity contribution in [2.24, 2.45) is 0 Å². The average Bonchev–Trinajstić information content (AvgIpc) is 2.25. The fraction of sp³-hybridized carbons (Fsp3) is 0.333. The summed E-state index contributed by atoms with van der Waals surface area (Å²) >= 11 is 3.38. The van der Waals surface area contributed by atoms with Crippen molar-refractivity contribution in [2.75, 3.05) is 0 Å². The highest BCUT2D eigenvalue weighted by molar-refractivity contribution is 9.10. The smallest absolute Gasteiger partial charge is 0.408 e. The van der Waals surface area contributed by atoms with Crippen LogP contribution in [0.5, 0.6) is 0 Å². The summed E-state index contributed by atoms with van der Waals surface area (Å²) in [6, 6.07) is 8.65. The van der Waals surface area contributed by atoms with Crippen molar-refractivity contribution < 1.29 is 9.53 Å². The summed E-state index contributed by atoms with van der Waals surface area (Å²) in [5.41, 5.74) is 0.577. The number of nitrogens with one attached hydrogen (secondary N) is 1. The Morgan fingerprint density at radius 2 is 1.84 bits per heavy atom. The Bertz CT molecular complexity index is 446. The normalized spacial score (nSPS) is 11.9. The third kappa shape index (κ3) is 7.01. The molecule has 0 saturated heterocycles. The van der Waals surface area contributed by atoms with E-state index >= 15 is 0 Å². The van der Waals surface area contributed by atoms with Gasteiger partial charge < -0.3 is 10.1 Å². The maximum atomic E-state index is 11.5. The molecule has 1 radical (unpaired) electrons. The number of hydrogen-bond acceptors (Lipinski definition) is 2. The van der Waals surface area contributed by atoms with Gasteiger partial charge in [0.25, 0.3) is 0 Å². The summed E-state index contributed by atoms with van der Waals surface area (Å²) in [5, 5.41) is 2.68. The summed E-state index contributed by atoms with van der Waals surface area (Å²) in [7, 11) is 0. The minimum atomic E-state index is -0.486. The van der Waals surface area contributed by atoms with Gasteiger partial charge in [0.15, 0.2) is 0 Å². The predicted octanol–water partition coefficient (Wildman–Crippen LogP) is 4.54. The maximum absolute atomic E-state index is 11.5. The van der Waals surface area contributed by atoms with Crippen LogP contribution >= 0.6 is 15.9 Å². The van der Waals surface area contributed by atoms with Crippen LogP contribution in [-0.4, -0.2) is 11.7 Å². The van der Waals surface area contributed by atoms with Gasteiger partial charge in [-0.1, -0.05) is 40.2 Å². The van der Waals surface area contributed by atoms with E-state index in [9.17, 15) is 4.79 Å². The van der Waals surface area contributed by atoms with Crippen LogP contribution in [0.25, 0.3) is 6.08 Å². The van der Waals surface area contributed by atoms with E-state index in [2.05, 4.69) is 21.2 Å². The van der Waals surface area contributed by atoms with Crippen LogP contribution in [0.2, 0.25) is 0 Å². The largest absolute Gasteiger partial charge is 0.444 e. The molecule has 4 heteroatoms. The number of carbonyl (C=O) groups excluding carboxylic acids is 1. The lowest BCUT2D eigenvalue weighted by molar-refractivity contribution is 0.0537. The molecule has 3 nitrogen and oxygen atoms in total. The van der Waals surface area contributed by atoms with Crippen LogP contribution in [0.4, 0.5) is 4.79 Å². The number of halogens is 1. The van der Waals surface area contributed by atoms with Crippen LogP contribution in [0.15, 0.2) is 34.8 Å². The number of ether oxygens (including phenoxy) is 1. The molecule has 19 heavy (non-hydrogen) atoms. The minimum absolute atomic E-state index is 0.439. The summed E-state index contributed by atoms with van der Waals surface area (Å²) in [5.74, 6) is 0. The molecule has 0 spiro atoms. The molecular formula is C15H19BrNO2. The second kappa shape index (κ2) is 6.75. The zero-order valence-corrected chi connectivity index (χ0v) is 13.2. The first-order valence-electron chi connectivity index (χ1n) is 6.03. The predicted molar refractivity (Wildman–Crippen MR) is 81.5 cm³/mol. The van der Waals surface area contributed by atoms with E-state index in [-0.39, 0.29) is 0 Å². The molecule has 0 aliphatic rings. The van der Waals surface area contributed by atoms with Gasteiger partial charge in [0.2, 0.25) is 0 Å². The molecule has 0 atom stereocenters. The van der Waals surface area contributed by atoms with Crippen molar-refractivity contribution in [3.8, 4) is 0 Å². The van der Waals surface area contributed by atoms with Crippen LogP contribution in [0.1, 0.15) is 33.3 Å². The van der Waals surface area contributed by atoms with Crippen molar-refractivity contribution in [3.05, 3.63) is 46.4 Å². The minimum Gasteiger partial charge on any atom is -0.444 e. The Morgan fingerprint density at radius 1 is 1.26 bits per heavy atom. The number of hydrogen-bond donors (Lipinski definition) is 1. The lowest BCUT2D eigenvalue weighted by Gasteiger charge is -2.20. The van der Waals surface area contributed by atoms with Crippen molar-refractivity contribution in [1.29, 1.82) is 0 Å². The molecule has 1 amide bonds. The molecule has 1 rings (SSSR count). The van der Waals surface area contributed by atoms with Gasteiger partial charge in [-0.05, 0) is 45.4 Å². The summed E-state index contributed by atoms with van der Waals surface area (Å²) in [6.07, 6.45) is 3.33. The van der Waals surface area contributed by atoms with Gasteiger partial charge >= 0.3 is 6.09 Å². The zero-order valence-electron chi connectivity index (χ0n) is 11.7. The molecule has 0 aliphatic heterocycles. The van der Waals surface area contributed by atoms with Crippen molar-refractivity contribution in [1.82, 2.24) is 5.32 Å². The van der Waals surface area contributed by atoms with E-state index < -0.39 is 11.7 Å². The number of benzene rings is 1. The number of rotatable bonds is 3. The standard InChI is InChI=1S/C15H19BrNO2/c1-11(17-14(18)19-15(2,3)4)5-6-12-7-9-13(16)10-8-12/h5-10H,1-4H3,(H,17,18)/b6-5+. The second-order valence-electron chi connectivity index (χ2n) is 5.19. The molecule has 0 heterocycles. The lowest BCUT2D eigenvalue weighted by Crippen LogP contribution is -2.33. The SMILES string of the molecule is C[C](/C=C/c1ccc(Br)cc1)NC(=O)OC(C)(C)C. The molecule has 103 valence electrons. The molecule has 0 bridgehead atoms. The highest BCUT2D eigenvalue weighted by Gasteiger charge is 2.16. The lowest BCUT2D eigenvalue weighted by atomic mass is 10.2. The maximum Gasteiger partial charge on any atom is 0.408 e. The van der Waals surface area contributed by atoms with Crippen molar-refractivity contribution in [3.63, 3.8) is 0 Å². The Morgan fingerprint density at radius 3 is 2.37 bits per heavy atom. The first-order valence-corrected chi connectivity index (χ1v) is 6.83. The highest BCUT2D eigenvalue weighted by atomic mass is 79.9. The fourth-order valence-electron chi connectivity index (χ4n) is 1.30. The monoisotopic (exact) mass is 324 g/mol. The van der Waals surface area contributed by atoms with E-state index in [0.717, 1.165) is 16.1 Å². The topological polar surface area (TPSA) is 38.3 Å². The van der Waals surface area contributed by atoms with Gasteiger partial charge in [-0.3, -0.25) is 0 Å². The molecule has 0 aliphatic carbocycles. The first-order chi connectivity index (χ1) is 8.76. The number of alkyl carbamates (subject to hydrolysis) is 1. The average molecular weight is 325 g/mol. The number of carbonyl (C=O) groups is 1. The van der Waals surface area contributed by atoms with E-state index in [0.29, 0.717) is 0 Å². The second-order valence-corrected chi connectivity index (χ2v) is 6.11. The third-order valence-corrected chi connectivity index (χ3v) is 2.62. The van der Waals surface area contributed by atoms with Crippen LogP contribution in [-0.2, 0) is 4.74 Å². The Balaban J connectivity index is 2.48. The Labute approximate surface area is 123 Å². The van der Waals surface area contributed by atoms with E-state index in [4.69, 9.17) is 4.74 Å². The molecule has 0 saturated carbocycles.